The van der Waals surface area contributed by atoms with Gasteiger partial charge < -0.3 is 5.73 Å². The number of nitrogens with two attached hydrogens (primary N) is 1. The van der Waals surface area contributed by atoms with E-state index in [0.29, 0.717) is 0 Å². The zero-order chi connectivity index (χ0) is 14.0. The van der Waals surface area contributed by atoms with E-state index in [1.807, 2.05) is 0 Å². The minimum atomic E-state index is -4.46. The van der Waals surface area contributed by atoms with Gasteiger partial charge in [0.05, 0.1) is 5.56 Å². The third kappa shape index (κ3) is 4.56. The van der Waals surface area contributed by atoms with Crippen molar-refractivity contribution in [3.05, 3.63) is 35.4 Å². The van der Waals surface area contributed by atoms with Crippen molar-refractivity contribution in [1.29, 1.82) is 0 Å². The number of hydrogen-bond acceptors (Lipinski definition) is 1. The van der Waals surface area contributed by atoms with Gasteiger partial charge in [0.25, 0.3) is 0 Å². The number of rotatable bonds is 3. The van der Waals surface area contributed by atoms with Gasteiger partial charge in [-0.15, -0.1) is 0 Å². The molecule has 1 aromatic rings. The van der Waals surface area contributed by atoms with E-state index in [1.54, 1.807) is 0 Å². The van der Waals surface area contributed by atoms with Gasteiger partial charge in [-0.25, -0.2) is 0 Å². The highest BCUT2D eigenvalue weighted by Gasteiger charge is 2.31. The molecule has 1 nitrogen and oxygen atoms in total. The van der Waals surface area contributed by atoms with Gasteiger partial charge >= 0.3 is 12.4 Å². The van der Waals surface area contributed by atoms with Crippen molar-refractivity contribution in [3.63, 3.8) is 0 Å². The Morgan fingerprint density at radius 3 is 1.83 bits per heavy atom. The average molecular weight is 271 g/mol. The molecule has 0 bridgehead atoms. The second-order valence-corrected chi connectivity index (χ2v) is 3.88. The zero-order valence-electron chi connectivity index (χ0n) is 9.15. The maximum absolute atomic E-state index is 12.2. The monoisotopic (exact) mass is 271 g/mol. The summed E-state index contributed by atoms with van der Waals surface area (Å²) in [4.78, 5) is 0. The molecule has 0 aliphatic heterocycles. The summed E-state index contributed by atoms with van der Waals surface area (Å²) < 4.78 is 72.6. The van der Waals surface area contributed by atoms with Crippen LogP contribution in [0.25, 0.3) is 0 Å². The lowest BCUT2D eigenvalue weighted by Gasteiger charge is -2.14. The second kappa shape index (κ2) is 5.17. The van der Waals surface area contributed by atoms with Crippen molar-refractivity contribution in [2.75, 3.05) is 0 Å². The molecule has 0 aliphatic carbocycles. The summed E-state index contributed by atoms with van der Waals surface area (Å²) >= 11 is 0. The largest absolute Gasteiger partial charge is 0.416 e. The first-order chi connectivity index (χ1) is 8.09. The van der Waals surface area contributed by atoms with Crippen LogP contribution in [-0.2, 0) is 6.18 Å². The molecule has 1 aromatic carbocycles. The van der Waals surface area contributed by atoms with Crippen LogP contribution in [0.5, 0.6) is 0 Å². The van der Waals surface area contributed by atoms with Gasteiger partial charge in [0.15, 0.2) is 0 Å². The Morgan fingerprint density at radius 1 is 0.944 bits per heavy atom. The summed E-state index contributed by atoms with van der Waals surface area (Å²) in [6.45, 7) is 0. The molecule has 0 fully saturated rings. The van der Waals surface area contributed by atoms with Crippen molar-refractivity contribution < 1.29 is 26.3 Å². The number of halogens is 6. The van der Waals surface area contributed by atoms with Gasteiger partial charge in [0.2, 0.25) is 0 Å². The molecular formula is C11H11F6N. The molecular weight excluding hydrogens is 260 g/mol. The highest BCUT2D eigenvalue weighted by molar-refractivity contribution is 5.26. The summed E-state index contributed by atoms with van der Waals surface area (Å²) in [5.41, 5.74) is 4.88. The topological polar surface area (TPSA) is 26.0 Å². The first-order valence-electron chi connectivity index (χ1n) is 5.09. The Kier molecular flexibility index (Phi) is 4.26. The van der Waals surface area contributed by atoms with Gasteiger partial charge in [-0.3, -0.25) is 0 Å². The molecule has 1 rings (SSSR count). The minimum Gasteiger partial charge on any atom is -0.324 e. The predicted octanol–water partition coefficient (Wildman–Crippen LogP) is 4.05. The molecule has 102 valence electrons. The first kappa shape index (κ1) is 14.8. The molecule has 0 spiro atoms. The molecule has 2 N–H and O–H groups in total. The molecule has 0 amide bonds. The molecule has 0 aliphatic rings. The van der Waals surface area contributed by atoms with Gasteiger partial charge in [0.1, 0.15) is 0 Å². The van der Waals surface area contributed by atoms with Crippen molar-refractivity contribution in [2.45, 2.75) is 31.2 Å². The molecule has 1 atom stereocenters. The summed E-state index contributed by atoms with van der Waals surface area (Å²) in [6, 6.07) is 2.90. The quantitative estimate of drug-likeness (QED) is 0.825. The zero-order valence-corrected chi connectivity index (χ0v) is 9.15. The molecule has 0 saturated heterocycles. The third-order valence-electron chi connectivity index (χ3n) is 2.40. The van der Waals surface area contributed by atoms with Crippen LogP contribution in [0.3, 0.4) is 0 Å². The fourth-order valence-corrected chi connectivity index (χ4v) is 1.41. The van der Waals surface area contributed by atoms with Gasteiger partial charge in [-0.05, 0) is 24.1 Å². The Hall–Kier alpha value is -1.24. The smallest absolute Gasteiger partial charge is 0.324 e. The van der Waals surface area contributed by atoms with E-state index in [2.05, 4.69) is 0 Å². The fourth-order valence-electron chi connectivity index (χ4n) is 1.41. The Balaban J connectivity index is 2.68. The Morgan fingerprint density at radius 2 is 1.44 bits per heavy atom. The van der Waals surface area contributed by atoms with E-state index >= 15 is 0 Å². The number of alkyl halides is 6. The van der Waals surface area contributed by atoms with E-state index in [4.69, 9.17) is 5.73 Å². The first-order valence-corrected chi connectivity index (χ1v) is 5.09. The molecule has 0 aromatic heterocycles. The van der Waals surface area contributed by atoms with Crippen molar-refractivity contribution in [1.82, 2.24) is 0 Å². The van der Waals surface area contributed by atoms with Crippen LogP contribution < -0.4 is 5.73 Å². The molecule has 0 saturated carbocycles. The van der Waals surface area contributed by atoms with E-state index in [1.165, 1.54) is 0 Å². The SMILES string of the molecule is N[C@@H](CCC(F)(F)F)c1ccc(C(F)(F)F)cc1. The van der Waals surface area contributed by atoms with Crippen LogP contribution in [-0.4, -0.2) is 6.18 Å². The van der Waals surface area contributed by atoms with E-state index < -0.39 is 30.4 Å². The maximum atomic E-state index is 12.2. The van der Waals surface area contributed by atoms with Gasteiger partial charge in [-0.1, -0.05) is 12.1 Å². The Bertz CT molecular complexity index is 378. The van der Waals surface area contributed by atoms with Crippen LogP contribution in [0, 0.1) is 0 Å². The standard InChI is InChI=1S/C11H11F6N/c12-10(13,14)6-5-9(18)7-1-3-8(4-2-7)11(15,16)17/h1-4,9H,5-6,18H2/t9-/m0/s1. The molecule has 0 heterocycles. The Labute approximate surface area is 99.6 Å². The van der Waals surface area contributed by atoms with Crippen molar-refractivity contribution >= 4 is 0 Å². The lowest BCUT2D eigenvalue weighted by atomic mass is 10.0. The summed E-state index contributed by atoms with van der Waals surface area (Å²) in [6.07, 6.45) is -10.2. The number of benzene rings is 1. The normalized spacial score (nSPS) is 14.6. The highest BCUT2D eigenvalue weighted by Crippen LogP contribution is 2.31. The molecule has 7 heteroatoms. The second-order valence-electron chi connectivity index (χ2n) is 3.88. The van der Waals surface area contributed by atoms with Gasteiger partial charge in [-0.2, -0.15) is 26.3 Å². The van der Waals surface area contributed by atoms with E-state index in [-0.39, 0.29) is 12.0 Å². The van der Waals surface area contributed by atoms with Crippen molar-refractivity contribution in [3.8, 4) is 0 Å². The summed E-state index contributed by atoms with van der Waals surface area (Å²) in [7, 11) is 0. The summed E-state index contributed by atoms with van der Waals surface area (Å²) in [5, 5.41) is 0. The van der Waals surface area contributed by atoms with Crippen molar-refractivity contribution in [2.24, 2.45) is 5.73 Å². The fraction of sp³-hybridized carbons (Fsp3) is 0.455. The minimum absolute atomic E-state index is 0.257. The molecule has 0 unspecified atom stereocenters. The van der Waals surface area contributed by atoms with E-state index in [9.17, 15) is 26.3 Å². The van der Waals surface area contributed by atoms with Crippen LogP contribution >= 0.6 is 0 Å². The van der Waals surface area contributed by atoms with Crippen LogP contribution in [0.1, 0.15) is 30.0 Å². The average Bonchev–Trinajstić information content (AvgIpc) is 2.24. The lowest BCUT2D eigenvalue weighted by Crippen LogP contribution is -2.16. The van der Waals surface area contributed by atoms with Gasteiger partial charge in [0, 0.05) is 12.5 Å². The molecule has 0 radical (unpaired) electrons. The predicted molar refractivity (Wildman–Crippen MR) is 53.7 cm³/mol. The van der Waals surface area contributed by atoms with E-state index in [0.717, 1.165) is 24.3 Å². The maximum Gasteiger partial charge on any atom is 0.416 e. The highest BCUT2D eigenvalue weighted by atomic mass is 19.4. The van der Waals surface area contributed by atoms with Crippen LogP contribution in [0.2, 0.25) is 0 Å². The van der Waals surface area contributed by atoms with Crippen LogP contribution in [0.4, 0.5) is 26.3 Å². The number of hydrogen-bond donors (Lipinski definition) is 1. The molecule has 18 heavy (non-hydrogen) atoms. The third-order valence-corrected chi connectivity index (χ3v) is 2.40. The summed E-state index contributed by atoms with van der Waals surface area (Å²) in [5.74, 6) is 0. The lowest BCUT2D eigenvalue weighted by molar-refractivity contribution is -0.137. The van der Waals surface area contributed by atoms with Crippen LogP contribution in [0.15, 0.2) is 24.3 Å².